The van der Waals surface area contributed by atoms with Crippen molar-refractivity contribution in [3.8, 4) is 17.2 Å². The zero-order valence-electron chi connectivity index (χ0n) is 18.8. The normalized spacial score (nSPS) is 10.7. The summed E-state index contributed by atoms with van der Waals surface area (Å²) in [5.74, 6) is 0.536. The first-order valence-corrected chi connectivity index (χ1v) is 11.5. The smallest absolute Gasteiger partial charge is 0.275 e. The summed E-state index contributed by atoms with van der Waals surface area (Å²) in [5.41, 5.74) is 3.66. The minimum Gasteiger partial charge on any atom is -0.496 e. The van der Waals surface area contributed by atoms with Crippen molar-refractivity contribution >= 4 is 45.3 Å². The third-order valence-electron chi connectivity index (χ3n) is 4.65. The van der Waals surface area contributed by atoms with E-state index in [4.69, 9.17) is 25.8 Å². The highest BCUT2D eigenvalue weighted by molar-refractivity contribution is 9.10. The van der Waals surface area contributed by atoms with Gasteiger partial charge in [0.2, 0.25) is 0 Å². The van der Waals surface area contributed by atoms with Gasteiger partial charge in [0.05, 0.1) is 34.9 Å². The van der Waals surface area contributed by atoms with Gasteiger partial charge in [-0.25, -0.2) is 5.43 Å². The highest BCUT2D eigenvalue weighted by atomic mass is 79.9. The molecule has 0 unspecified atom stereocenters. The molecule has 0 aromatic heterocycles. The van der Waals surface area contributed by atoms with Crippen molar-refractivity contribution in [1.29, 1.82) is 0 Å². The van der Waals surface area contributed by atoms with Crippen molar-refractivity contribution < 1.29 is 23.9 Å². The predicted molar refractivity (Wildman–Crippen MR) is 136 cm³/mol. The Kier molecular flexibility index (Phi) is 9.04. The van der Waals surface area contributed by atoms with Crippen molar-refractivity contribution in [1.82, 2.24) is 5.43 Å². The molecule has 3 rings (SSSR count). The van der Waals surface area contributed by atoms with Crippen LogP contribution in [0.3, 0.4) is 0 Å². The molecular weight excluding hydrogens is 542 g/mol. The van der Waals surface area contributed by atoms with E-state index in [1.54, 1.807) is 24.3 Å². The van der Waals surface area contributed by atoms with Crippen molar-refractivity contribution in [2.45, 2.75) is 13.5 Å². The molecule has 9 nitrogen and oxygen atoms in total. The number of benzene rings is 3. The summed E-state index contributed by atoms with van der Waals surface area (Å²) >= 11 is 9.42. The molecule has 0 aliphatic heterocycles. The molecule has 35 heavy (non-hydrogen) atoms. The predicted octanol–water partition coefficient (Wildman–Crippen LogP) is 5.76. The third-order valence-corrected chi connectivity index (χ3v) is 5.49. The Bertz CT molecular complexity index is 1250. The van der Waals surface area contributed by atoms with E-state index in [9.17, 15) is 14.9 Å². The Labute approximate surface area is 214 Å². The summed E-state index contributed by atoms with van der Waals surface area (Å²) < 4.78 is 17.4. The molecule has 0 radical (unpaired) electrons. The number of nitrogens with zero attached hydrogens (tertiary/aromatic N) is 2. The lowest BCUT2D eigenvalue weighted by Gasteiger charge is -2.14. The van der Waals surface area contributed by atoms with E-state index in [1.165, 1.54) is 25.5 Å². The van der Waals surface area contributed by atoms with E-state index in [2.05, 4.69) is 26.5 Å². The molecule has 182 valence electrons. The van der Waals surface area contributed by atoms with Crippen LogP contribution in [-0.2, 0) is 6.61 Å². The molecule has 0 aliphatic carbocycles. The number of amides is 1. The van der Waals surface area contributed by atoms with Gasteiger partial charge >= 0.3 is 0 Å². The van der Waals surface area contributed by atoms with E-state index in [0.717, 1.165) is 11.6 Å². The first kappa shape index (κ1) is 26.0. The van der Waals surface area contributed by atoms with Crippen LogP contribution in [0.5, 0.6) is 17.2 Å². The Balaban J connectivity index is 1.76. The lowest BCUT2D eigenvalue weighted by atomic mass is 10.1. The Morgan fingerprint density at radius 2 is 1.89 bits per heavy atom. The standard InChI is InChI=1S/C24H21BrClN3O6/c1-3-34-22-11-16(10-20(25)23(22)35-14-15-4-6-17(26)7-5-15)13-27-28-24(30)19-12-18(29(31)32)8-9-21(19)33-2/h4-13H,3,14H2,1-2H3,(H,28,30)/b27-13-. The first-order valence-electron chi connectivity index (χ1n) is 10.3. The van der Waals surface area contributed by atoms with Crippen LogP contribution in [0.15, 0.2) is 64.2 Å². The number of nitrogens with one attached hydrogen (secondary N) is 1. The molecule has 11 heteroatoms. The number of rotatable bonds is 10. The molecule has 0 saturated carbocycles. The molecule has 0 saturated heterocycles. The molecule has 0 spiro atoms. The average molecular weight is 563 g/mol. The van der Waals surface area contributed by atoms with Gasteiger partial charge in [-0.05, 0) is 64.3 Å². The number of nitro groups is 1. The summed E-state index contributed by atoms with van der Waals surface area (Å²) in [6, 6.07) is 14.5. The van der Waals surface area contributed by atoms with Gasteiger partial charge < -0.3 is 14.2 Å². The Morgan fingerprint density at radius 1 is 1.14 bits per heavy atom. The number of carbonyl (C=O) groups is 1. The van der Waals surface area contributed by atoms with Crippen molar-refractivity contribution in [2.75, 3.05) is 13.7 Å². The van der Waals surface area contributed by atoms with Crippen LogP contribution in [0.1, 0.15) is 28.4 Å². The topological polar surface area (TPSA) is 112 Å². The number of carbonyl (C=O) groups excluding carboxylic acids is 1. The van der Waals surface area contributed by atoms with Crippen LogP contribution in [0, 0.1) is 10.1 Å². The van der Waals surface area contributed by atoms with Gasteiger partial charge in [0.25, 0.3) is 11.6 Å². The molecular formula is C24H21BrClN3O6. The number of hydrogen-bond donors (Lipinski definition) is 1. The van der Waals surface area contributed by atoms with Crippen molar-refractivity contribution in [3.63, 3.8) is 0 Å². The van der Waals surface area contributed by atoms with Gasteiger partial charge in [0, 0.05) is 17.2 Å². The molecule has 1 N–H and O–H groups in total. The lowest BCUT2D eigenvalue weighted by Crippen LogP contribution is -2.18. The van der Waals surface area contributed by atoms with E-state index >= 15 is 0 Å². The summed E-state index contributed by atoms with van der Waals surface area (Å²) in [4.78, 5) is 23.0. The fourth-order valence-corrected chi connectivity index (χ4v) is 3.71. The molecule has 0 aliphatic rings. The van der Waals surface area contributed by atoms with Crippen LogP contribution < -0.4 is 19.6 Å². The number of ether oxygens (including phenoxy) is 3. The first-order chi connectivity index (χ1) is 16.8. The van der Waals surface area contributed by atoms with E-state index < -0.39 is 10.8 Å². The fraction of sp³-hybridized carbons (Fsp3) is 0.167. The molecule has 0 fully saturated rings. The molecule has 3 aromatic rings. The number of methoxy groups -OCH3 is 1. The van der Waals surface area contributed by atoms with Crippen LogP contribution in [-0.4, -0.2) is 30.8 Å². The molecule has 3 aromatic carbocycles. The second-order valence-corrected chi connectivity index (χ2v) is 8.31. The maximum absolute atomic E-state index is 12.5. The molecule has 0 heterocycles. The van der Waals surface area contributed by atoms with Crippen LogP contribution in [0.4, 0.5) is 5.69 Å². The lowest BCUT2D eigenvalue weighted by molar-refractivity contribution is -0.384. The monoisotopic (exact) mass is 561 g/mol. The van der Waals surface area contributed by atoms with E-state index in [-0.39, 0.29) is 17.0 Å². The average Bonchev–Trinajstić information content (AvgIpc) is 2.84. The molecule has 0 atom stereocenters. The maximum Gasteiger partial charge on any atom is 0.275 e. The summed E-state index contributed by atoms with van der Waals surface area (Å²) in [5, 5.41) is 15.6. The SMILES string of the molecule is CCOc1cc(/C=N\NC(=O)c2cc([N+](=O)[O-])ccc2OC)cc(Br)c1OCc1ccc(Cl)cc1. The second kappa shape index (κ2) is 12.2. The Morgan fingerprint density at radius 3 is 2.54 bits per heavy atom. The van der Waals surface area contributed by atoms with Gasteiger partial charge in [-0.2, -0.15) is 5.10 Å². The minimum atomic E-state index is -0.659. The zero-order chi connectivity index (χ0) is 25.4. The van der Waals surface area contributed by atoms with Crippen LogP contribution in [0.2, 0.25) is 5.02 Å². The van der Waals surface area contributed by atoms with Crippen LogP contribution in [0.25, 0.3) is 0 Å². The zero-order valence-corrected chi connectivity index (χ0v) is 21.1. The van der Waals surface area contributed by atoms with Gasteiger partial charge in [-0.1, -0.05) is 23.7 Å². The van der Waals surface area contributed by atoms with Gasteiger partial charge in [0.15, 0.2) is 11.5 Å². The van der Waals surface area contributed by atoms with Crippen molar-refractivity contribution in [2.24, 2.45) is 5.10 Å². The molecule has 0 bridgehead atoms. The van der Waals surface area contributed by atoms with E-state index in [0.29, 0.717) is 39.8 Å². The number of hydrogen-bond acceptors (Lipinski definition) is 7. The van der Waals surface area contributed by atoms with Gasteiger partial charge in [-0.15, -0.1) is 0 Å². The summed E-state index contributed by atoms with van der Waals surface area (Å²) in [6.45, 7) is 2.57. The number of nitro benzene ring substituents is 1. The van der Waals surface area contributed by atoms with Gasteiger partial charge in [-0.3, -0.25) is 14.9 Å². The fourth-order valence-electron chi connectivity index (χ4n) is 3.01. The van der Waals surface area contributed by atoms with Crippen molar-refractivity contribution in [3.05, 3.63) is 90.9 Å². The number of halogens is 2. The second-order valence-electron chi connectivity index (χ2n) is 7.02. The summed E-state index contributed by atoms with van der Waals surface area (Å²) in [6.07, 6.45) is 1.41. The maximum atomic E-state index is 12.5. The van der Waals surface area contributed by atoms with Gasteiger partial charge in [0.1, 0.15) is 12.4 Å². The Hall–Kier alpha value is -3.63. The minimum absolute atomic E-state index is 0.0130. The number of non-ortho nitro benzene ring substituents is 1. The van der Waals surface area contributed by atoms with E-state index in [1.807, 2.05) is 19.1 Å². The highest BCUT2D eigenvalue weighted by Crippen LogP contribution is 2.37. The third kappa shape index (κ3) is 6.93. The number of hydrazone groups is 1. The highest BCUT2D eigenvalue weighted by Gasteiger charge is 2.17. The molecule has 1 amide bonds. The van der Waals surface area contributed by atoms with Crippen LogP contribution >= 0.6 is 27.5 Å². The largest absolute Gasteiger partial charge is 0.496 e. The quantitative estimate of drug-likeness (QED) is 0.191. The summed E-state index contributed by atoms with van der Waals surface area (Å²) in [7, 11) is 1.37.